The van der Waals surface area contributed by atoms with Crippen molar-refractivity contribution >= 4 is 11.0 Å². The lowest BCUT2D eigenvalue weighted by molar-refractivity contribution is -0.143. The van der Waals surface area contributed by atoms with E-state index in [0.717, 1.165) is 0 Å². The quantitative estimate of drug-likeness (QED) is 0.504. The normalized spacial score (nSPS) is 16.0. The summed E-state index contributed by atoms with van der Waals surface area (Å²) in [6.45, 7) is 8.41. The molecule has 0 aliphatic rings. The van der Waals surface area contributed by atoms with Gasteiger partial charge in [0.2, 0.25) is 0 Å². The van der Waals surface area contributed by atoms with E-state index in [1.807, 2.05) is 0 Å². The van der Waals surface area contributed by atoms with E-state index >= 15 is 0 Å². The van der Waals surface area contributed by atoms with E-state index in [1.165, 1.54) is 17.4 Å². The molecule has 2 nitrogen and oxygen atoms in total. The highest BCUT2D eigenvalue weighted by molar-refractivity contribution is 7.84. The molecular formula is C16H19F6NOS. The van der Waals surface area contributed by atoms with Crippen molar-refractivity contribution in [1.82, 2.24) is 4.31 Å². The summed E-state index contributed by atoms with van der Waals surface area (Å²) in [5.41, 5.74) is -3.12. The van der Waals surface area contributed by atoms with Gasteiger partial charge in [0.25, 0.3) is 0 Å². The summed E-state index contributed by atoms with van der Waals surface area (Å²) in [6, 6.07) is 0.226. The number of hydrogen-bond acceptors (Lipinski definition) is 1. The first-order chi connectivity index (χ1) is 11.1. The van der Waals surface area contributed by atoms with E-state index in [0.29, 0.717) is 12.1 Å². The molecule has 25 heavy (non-hydrogen) atoms. The third kappa shape index (κ3) is 5.31. The Morgan fingerprint density at radius 1 is 1.00 bits per heavy atom. The van der Waals surface area contributed by atoms with Crippen LogP contribution in [0.3, 0.4) is 0 Å². The lowest BCUT2D eigenvalue weighted by Gasteiger charge is -2.31. The zero-order valence-corrected chi connectivity index (χ0v) is 14.9. The van der Waals surface area contributed by atoms with Gasteiger partial charge >= 0.3 is 12.4 Å². The van der Waals surface area contributed by atoms with Crippen LogP contribution in [0.25, 0.3) is 0 Å². The lowest BCUT2D eigenvalue weighted by atomic mass is 9.99. The summed E-state index contributed by atoms with van der Waals surface area (Å²) in [4.78, 5) is 0. The highest BCUT2D eigenvalue weighted by Gasteiger charge is 2.38. The molecule has 0 saturated heterocycles. The lowest BCUT2D eigenvalue weighted by Crippen LogP contribution is -2.37. The van der Waals surface area contributed by atoms with Crippen LogP contribution >= 0.6 is 0 Å². The Hall–Kier alpha value is -1.35. The molecule has 0 aliphatic heterocycles. The fraction of sp³-hybridized carbons (Fsp3) is 0.500. The highest BCUT2D eigenvalue weighted by Crippen LogP contribution is 2.38. The van der Waals surface area contributed by atoms with Crippen LogP contribution < -0.4 is 0 Å². The minimum atomic E-state index is -4.94. The van der Waals surface area contributed by atoms with Gasteiger partial charge in [-0.2, -0.15) is 26.3 Å². The third-order valence-corrected chi connectivity index (χ3v) is 5.15. The SMILES string of the molecule is C=C[C@@H](c1cc(C(F)(F)F)cc(C(F)(F)F)c1)N(C)S(=O)C(C)(C)C. The van der Waals surface area contributed by atoms with Crippen LogP contribution in [-0.2, 0) is 23.3 Å². The van der Waals surface area contributed by atoms with Crippen molar-refractivity contribution < 1.29 is 30.6 Å². The number of likely N-dealkylation sites (N-methyl/N-ethyl adjacent to an activating group) is 1. The molecule has 0 fully saturated rings. The third-order valence-electron chi connectivity index (χ3n) is 3.35. The van der Waals surface area contributed by atoms with E-state index in [9.17, 15) is 30.6 Å². The molecule has 1 unspecified atom stereocenters. The van der Waals surface area contributed by atoms with Crippen LogP contribution in [0.4, 0.5) is 26.3 Å². The first-order valence-corrected chi connectivity index (χ1v) is 8.26. The van der Waals surface area contributed by atoms with Gasteiger partial charge in [-0.15, -0.1) is 6.58 Å². The predicted molar refractivity (Wildman–Crippen MR) is 85.0 cm³/mol. The molecule has 142 valence electrons. The number of rotatable bonds is 4. The molecule has 0 heterocycles. The maximum atomic E-state index is 13.0. The first kappa shape index (κ1) is 21.7. The van der Waals surface area contributed by atoms with Crippen LogP contribution in [0.5, 0.6) is 0 Å². The fourth-order valence-corrected chi connectivity index (χ4v) is 3.46. The zero-order chi connectivity index (χ0) is 19.8. The fourth-order valence-electron chi connectivity index (χ4n) is 2.18. The molecule has 0 N–H and O–H groups in total. The molecule has 0 amide bonds. The van der Waals surface area contributed by atoms with E-state index in [-0.39, 0.29) is 11.6 Å². The van der Waals surface area contributed by atoms with Gasteiger partial charge in [0.1, 0.15) is 11.0 Å². The summed E-state index contributed by atoms with van der Waals surface area (Å²) >= 11 is 0. The summed E-state index contributed by atoms with van der Waals surface area (Å²) < 4.78 is 90.8. The standard InChI is InChI=1S/C16H19F6NOS/c1-6-13(23(5)25(24)14(2,3)4)10-7-11(15(17,18)19)9-12(8-10)16(20,21)22/h6-9,13H,1H2,2-5H3/t13-,25?/m0/s1. The Bertz CT molecular complexity index is 628. The predicted octanol–water partition coefficient (Wildman–Crippen LogP) is 5.35. The largest absolute Gasteiger partial charge is 0.416 e. The van der Waals surface area contributed by atoms with Crippen molar-refractivity contribution in [2.24, 2.45) is 0 Å². The second kappa shape index (κ2) is 7.11. The zero-order valence-electron chi connectivity index (χ0n) is 14.1. The van der Waals surface area contributed by atoms with E-state index in [2.05, 4.69) is 6.58 Å². The van der Waals surface area contributed by atoms with Gasteiger partial charge in [-0.05, 0) is 44.5 Å². The summed E-state index contributed by atoms with van der Waals surface area (Å²) in [5, 5.41) is 0. The molecule has 0 aromatic heterocycles. The molecule has 0 bridgehead atoms. The van der Waals surface area contributed by atoms with Crippen molar-refractivity contribution in [2.75, 3.05) is 7.05 Å². The maximum absolute atomic E-state index is 13.0. The molecule has 2 atom stereocenters. The van der Waals surface area contributed by atoms with Crippen molar-refractivity contribution in [3.05, 3.63) is 47.5 Å². The molecule has 0 saturated carbocycles. The van der Waals surface area contributed by atoms with Crippen molar-refractivity contribution in [1.29, 1.82) is 0 Å². The van der Waals surface area contributed by atoms with Crippen molar-refractivity contribution in [3.63, 3.8) is 0 Å². The Morgan fingerprint density at radius 3 is 1.68 bits per heavy atom. The number of nitrogens with zero attached hydrogens (tertiary/aromatic N) is 1. The number of benzene rings is 1. The van der Waals surface area contributed by atoms with Crippen LogP contribution in [0.2, 0.25) is 0 Å². The minimum absolute atomic E-state index is 0.0599. The van der Waals surface area contributed by atoms with Crippen LogP contribution in [0, 0.1) is 0 Å². The number of halogens is 6. The van der Waals surface area contributed by atoms with Gasteiger partial charge in [-0.25, -0.2) is 8.51 Å². The Labute approximate surface area is 145 Å². The number of alkyl halides is 6. The summed E-state index contributed by atoms with van der Waals surface area (Å²) in [5.74, 6) is 0. The molecule has 9 heteroatoms. The van der Waals surface area contributed by atoms with E-state index in [4.69, 9.17) is 0 Å². The maximum Gasteiger partial charge on any atom is 0.416 e. The smallest absolute Gasteiger partial charge is 0.242 e. The van der Waals surface area contributed by atoms with Crippen molar-refractivity contribution in [2.45, 2.75) is 43.9 Å². The van der Waals surface area contributed by atoms with Gasteiger partial charge in [0.05, 0.1) is 21.9 Å². The Balaban J connectivity index is 3.52. The van der Waals surface area contributed by atoms with Gasteiger partial charge in [0.15, 0.2) is 0 Å². The van der Waals surface area contributed by atoms with E-state index < -0.39 is 45.3 Å². The van der Waals surface area contributed by atoms with Crippen LogP contribution in [-0.4, -0.2) is 20.3 Å². The Morgan fingerprint density at radius 2 is 1.40 bits per heavy atom. The molecule has 0 radical (unpaired) electrons. The molecule has 0 spiro atoms. The average Bonchev–Trinajstić information content (AvgIpc) is 2.44. The minimum Gasteiger partial charge on any atom is -0.242 e. The molecule has 1 aromatic carbocycles. The van der Waals surface area contributed by atoms with Gasteiger partial charge in [-0.1, -0.05) is 6.08 Å². The monoisotopic (exact) mass is 387 g/mol. The van der Waals surface area contributed by atoms with Crippen molar-refractivity contribution in [3.8, 4) is 0 Å². The summed E-state index contributed by atoms with van der Waals surface area (Å²) in [6.07, 6.45) is -8.72. The second-order valence-corrected chi connectivity index (χ2v) is 8.73. The van der Waals surface area contributed by atoms with E-state index in [1.54, 1.807) is 20.8 Å². The van der Waals surface area contributed by atoms with Crippen LogP contribution in [0.1, 0.15) is 43.5 Å². The van der Waals surface area contributed by atoms with Gasteiger partial charge < -0.3 is 0 Å². The van der Waals surface area contributed by atoms with Gasteiger partial charge in [0, 0.05) is 7.05 Å². The molecule has 0 aliphatic carbocycles. The number of hydrogen-bond donors (Lipinski definition) is 0. The highest BCUT2D eigenvalue weighted by atomic mass is 32.2. The topological polar surface area (TPSA) is 20.3 Å². The first-order valence-electron chi connectivity index (χ1n) is 7.15. The molecular weight excluding hydrogens is 368 g/mol. The average molecular weight is 387 g/mol. The van der Waals surface area contributed by atoms with Crippen LogP contribution in [0.15, 0.2) is 30.9 Å². The summed E-state index contributed by atoms with van der Waals surface area (Å²) in [7, 11) is -0.306. The molecule has 1 rings (SSSR count). The second-order valence-electron chi connectivity index (χ2n) is 6.43. The van der Waals surface area contributed by atoms with Gasteiger partial charge in [-0.3, -0.25) is 0 Å². The molecule has 1 aromatic rings. The Kier molecular flexibility index (Phi) is 6.17.